The zero-order chi connectivity index (χ0) is 11.4. The summed E-state index contributed by atoms with van der Waals surface area (Å²) in [5.41, 5.74) is 1.09. The first kappa shape index (κ1) is 12.8. The molecule has 0 radical (unpaired) electrons. The van der Waals surface area contributed by atoms with Gasteiger partial charge in [0.2, 0.25) is 0 Å². The lowest BCUT2D eigenvalue weighted by atomic mass is 10.0. The van der Waals surface area contributed by atoms with Gasteiger partial charge in [0, 0.05) is 16.6 Å². The third kappa shape index (κ3) is 2.86. The van der Waals surface area contributed by atoms with Crippen LogP contribution in [0.3, 0.4) is 0 Å². The maximum Gasteiger partial charge on any atom is 0.137 e. The number of rotatable bonds is 4. The topological polar surface area (TPSA) is 21.3 Å². The predicted molar refractivity (Wildman–Crippen MR) is 67.8 cm³/mol. The first-order valence-electron chi connectivity index (χ1n) is 4.84. The van der Waals surface area contributed by atoms with Crippen LogP contribution in [0.2, 0.25) is 5.02 Å². The van der Waals surface area contributed by atoms with E-state index in [0.29, 0.717) is 5.02 Å². The summed E-state index contributed by atoms with van der Waals surface area (Å²) in [7, 11) is 3.60. The molecule has 1 aromatic carbocycles. The molecule has 0 amide bonds. The van der Waals surface area contributed by atoms with E-state index in [-0.39, 0.29) is 6.04 Å². The summed E-state index contributed by atoms with van der Waals surface area (Å²) >= 11 is 9.47. The standard InChI is InChI=1S/C11H15BrClNO/c1-4-10(14-2)8-5-7(13)6-9(12)11(8)15-3/h5-6,10,14H,4H2,1-3H3. The molecule has 15 heavy (non-hydrogen) atoms. The lowest BCUT2D eigenvalue weighted by Crippen LogP contribution is -2.16. The monoisotopic (exact) mass is 291 g/mol. The van der Waals surface area contributed by atoms with Crippen molar-refractivity contribution in [1.29, 1.82) is 0 Å². The molecule has 0 saturated carbocycles. The molecule has 0 fully saturated rings. The van der Waals surface area contributed by atoms with Gasteiger partial charge >= 0.3 is 0 Å². The van der Waals surface area contributed by atoms with Gasteiger partial charge in [-0.2, -0.15) is 0 Å². The minimum absolute atomic E-state index is 0.259. The molecular formula is C11H15BrClNO. The van der Waals surface area contributed by atoms with Crippen molar-refractivity contribution in [2.24, 2.45) is 0 Å². The molecule has 0 bridgehead atoms. The summed E-state index contributed by atoms with van der Waals surface area (Å²) in [5, 5.41) is 3.95. The number of hydrogen-bond donors (Lipinski definition) is 1. The van der Waals surface area contributed by atoms with E-state index in [0.717, 1.165) is 22.2 Å². The molecule has 0 aliphatic heterocycles. The van der Waals surface area contributed by atoms with Crippen LogP contribution in [0.4, 0.5) is 0 Å². The largest absolute Gasteiger partial charge is 0.495 e. The van der Waals surface area contributed by atoms with E-state index in [1.807, 2.05) is 19.2 Å². The second-order valence-electron chi connectivity index (χ2n) is 3.26. The molecule has 1 aromatic rings. The fraction of sp³-hybridized carbons (Fsp3) is 0.455. The van der Waals surface area contributed by atoms with Crippen LogP contribution in [0.15, 0.2) is 16.6 Å². The summed E-state index contributed by atoms with van der Waals surface area (Å²) in [6, 6.07) is 4.04. The van der Waals surface area contributed by atoms with Crippen molar-refractivity contribution in [3.05, 3.63) is 27.2 Å². The van der Waals surface area contributed by atoms with Crippen molar-refractivity contribution in [2.75, 3.05) is 14.2 Å². The molecule has 84 valence electrons. The number of ether oxygens (including phenoxy) is 1. The lowest BCUT2D eigenvalue weighted by Gasteiger charge is -2.19. The van der Waals surface area contributed by atoms with Gasteiger partial charge in [0.15, 0.2) is 0 Å². The zero-order valence-electron chi connectivity index (χ0n) is 9.10. The van der Waals surface area contributed by atoms with Crippen LogP contribution in [0, 0.1) is 0 Å². The van der Waals surface area contributed by atoms with Gasteiger partial charge in [0.1, 0.15) is 5.75 Å². The maximum atomic E-state index is 6.02. The predicted octanol–water partition coefficient (Wildman–Crippen LogP) is 3.78. The fourth-order valence-electron chi connectivity index (χ4n) is 1.63. The van der Waals surface area contributed by atoms with Crippen molar-refractivity contribution in [1.82, 2.24) is 5.32 Å². The Bertz CT molecular complexity index is 340. The number of halogens is 2. The number of methoxy groups -OCH3 is 1. The fourth-order valence-corrected chi connectivity index (χ4v) is 2.63. The summed E-state index contributed by atoms with van der Waals surface area (Å²) in [6.45, 7) is 2.12. The smallest absolute Gasteiger partial charge is 0.137 e. The summed E-state index contributed by atoms with van der Waals surface area (Å²) in [5.74, 6) is 0.848. The Hall–Kier alpha value is -0.250. The summed E-state index contributed by atoms with van der Waals surface area (Å²) in [6.07, 6.45) is 0.986. The van der Waals surface area contributed by atoms with Crippen LogP contribution in [-0.4, -0.2) is 14.2 Å². The van der Waals surface area contributed by atoms with Crippen LogP contribution in [0.1, 0.15) is 24.9 Å². The molecule has 1 unspecified atom stereocenters. The van der Waals surface area contributed by atoms with Crippen molar-refractivity contribution in [3.8, 4) is 5.75 Å². The molecule has 0 aliphatic rings. The second-order valence-corrected chi connectivity index (χ2v) is 4.55. The minimum Gasteiger partial charge on any atom is -0.495 e. The normalized spacial score (nSPS) is 12.6. The molecule has 1 atom stereocenters. The molecule has 0 aromatic heterocycles. The molecule has 0 spiro atoms. The van der Waals surface area contributed by atoms with Crippen molar-refractivity contribution in [3.63, 3.8) is 0 Å². The summed E-state index contributed by atoms with van der Waals surface area (Å²) in [4.78, 5) is 0. The highest BCUT2D eigenvalue weighted by atomic mass is 79.9. The van der Waals surface area contributed by atoms with E-state index in [9.17, 15) is 0 Å². The van der Waals surface area contributed by atoms with E-state index in [2.05, 4.69) is 28.2 Å². The maximum absolute atomic E-state index is 6.02. The molecule has 4 heteroatoms. The number of benzene rings is 1. The molecular weight excluding hydrogens is 277 g/mol. The first-order valence-corrected chi connectivity index (χ1v) is 6.01. The van der Waals surface area contributed by atoms with Gasteiger partial charge in [-0.05, 0) is 41.5 Å². The van der Waals surface area contributed by atoms with Crippen LogP contribution in [0.25, 0.3) is 0 Å². The van der Waals surface area contributed by atoms with E-state index >= 15 is 0 Å². The van der Waals surface area contributed by atoms with Crippen LogP contribution < -0.4 is 10.1 Å². The van der Waals surface area contributed by atoms with Gasteiger partial charge in [-0.25, -0.2) is 0 Å². The Balaban J connectivity index is 3.24. The van der Waals surface area contributed by atoms with Crippen molar-refractivity contribution < 1.29 is 4.74 Å². The average Bonchev–Trinajstić information content (AvgIpc) is 2.19. The Morgan fingerprint density at radius 1 is 1.53 bits per heavy atom. The minimum atomic E-state index is 0.259. The first-order chi connectivity index (χ1) is 7.13. The highest BCUT2D eigenvalue weighted by Crippen LogP contribution is 2.36. The van der Waals surface area contributed by atoms with Crippen LogP contribution in [-0.2, 0) is 0 Å². The van der Waals surface area contributed by atoms with Gasteiger partial charge < -0.3 is 10.1 Å². The molecule has 0 aliphatic carbocycles. The Kier molecular flexibility index (Phi) is 4.90. The zero-order valence-corrected chi connectivity index (χ0v) is 11.4. The Morgan fingerprint density at radius 2 is 2.20 bits per heavy atom. The molecule has 1 rings (SSSR count). The van der Waals surface area contributed by atoms with E-state index < -0.39 is 0 Å². The Labute approximate surface area is 104 Å². The quantitative estimate of drug-likeness (QED) is 0.912. The van der Waals surface area contributed by atoms with Crippen molar-refractivity contribution >= 4 is 27.5 Å². The molecule has 0 heterocycles. The third-order valence-electron chi connectivity index (χ3n) is 2.37. The summed E-state index contributed by atoms with van der Waals surface area (Å²) < 4.78 is 6.26. The van der Waals surface area contributed by atoms with Gasteiger partial charge in [0.25, 0.3) is 0 Å². The second kappa shape index (κ2) is 5.73. The van der Waals surface area contributed by atoms with E-state index in [1.54, 1.807) is 7.11 Å². The highest BCUT2D eigenvalue weighted by Gasteiger charge is 2.16. The highest BCUT2D eigenvalue weighted by molar-refractivity contribution is 9.10. The van der Waals surface area contributed by atoms with Crippen LogP contribution >= 0.6 is 27.5 Å². The molecule has 0 saturated heterocycles. The van der Waals surface area contributed by atoms with Gasteiger partial charge in [-0.3, -0.25) is 0 Å². The SMILES string of the molecule is CCC(NC)c1cc(Cl)cc(Br)c1OC. The lowest BCUT2D eigenvalue weighted by molar-refractivity contribution is 0.397. The van der Waals surface area contributed by atoms with E-state index in [4.69, 9.17) is 16.3 Å². The Morgan fingerprint density at radius 3 is 2.67 bits per heavy atom. The number of nitrogens with one attached hydrogen (secondary N) is 1. The third-order valence-corrected chi connectivity index (χ3v) is 3.18. The molecule has 2 nitrogen and oxygen atoms in total. The average molecular weight is 293 g/mol. The van der Waals surface area contributed by atoms with Gasteiger partial charge in [-0.15, -0.1) is 0 Å². The van der Waals surface area contributed by atoms with Gasteiger partial charge in [-0.1, -0.05) is 18.5 Å². The van der Waals surface area contributed by atoms with Crippen molar-refractivity contribution in [2.45, 2.75) is 19.4 Å². The van der Waals surface area contributed by atoms with Gasteiger partial charge in [0.05, 0.1) is 11.6 Å². The molecule has 1 N–H and O–H groups in total. The van der Waals surface area contributed by atoms with E-state index in [1.165, 1.54) is 0 Å². The van der Waals surface area contributed by atoms with Crippen LogP contribution in [0.5, 0.6) is 5.75 Å². The number of hydrogen-bond acceptors (Lipinski definition) is 2.